The number of aryl methyl sites for hydroxylation is 1. The van der Waals surface area contributed by atoms with Gasteiger partial charge in [-0.05, 0) is 24.6 Å². The Hall–Kier alpha value is -1.11. The molecule has 1 saturated heterocycles. The van der Waals surface area contributed by atoms with Crippen molar-refractivity contribution in [3.63, 3.8) is 0 Å². The fourth-order valence-electron chi connectivity index (χ4n) is 1.65. The second-order valence-electron chi connectivity index (χ2n) is 4.00. The monoisotopic (exact) mass is 242 g/mol. The van der Waals surface area contributed by atoms with Crippen molar-refractivity contribution in [1.29, 1.82) is 0 Å². The van der Waals surface area contributed by atoms with Crippen LogP contribution in [0, 0.1) is 6.92 Å². The molecule has 0 amide bonds. The summed E-state index contributed by atoms with van der Waals surface area (Å²) in [6, 6.07) is 4.80. The molecule has 88 valence electrons. The first-order valence-corrected chi connectivity index (χ1v) is 6.39. The predicted octanol–water partition coefficient (Wildman–Crippen LogP) is -0.0576. The molecule has 0 aromatic heterocycles. The Bertz CT molecular complexity index is 507. The number of rotatable bonds is 2. The maximum atomic E-state index is 12.1. The van der Waals surface area contributed by atoms with Gasteiger partial charge >= 0.3 is 0 Å². The van der Waals surface area contributed by atoms with E-state index in [1.165, 1.54) is 10.4 Å². The molecule has 1 aromatic rings. The molecule has 0 saturated carbocycles. The molecule has 1 aromatic carbocycles. The molecule has 0 radical (unpaired) electrons. The summed E-state index contributed by atoms with van der Waals surface area (Å²) in [5.74, 6) is 0. The van der Waals surface area contributed by atoms with Crippen molar-refractivity contribution >= 4 is 15.7 Å². The van der Waals surface area contributed by atoms with E-state index in [0.29, 0.717) is 11.3 Å². The smallest absolute Gasteiger partial charge is 0.243 e. The molecule has 1 heterocycles. The van der Waals surface area contributed by atoms with Crippen LogP contribution in [0.25, 0.3) is 0 Å². The molecule has 0 unspecified atom stereocenters. The first-order valence-electron chi connectivity index (χ1n) is 4.95. The number of hydrogen-bond donors (Lipinski definition) is 2. The number of anilines is 1. The molecule has 1 aliphatic rings. The number of nitrogens with two attached hydrogens (primary N) is 1. The molecule has 2 rings (SSSR count). The van der Waals surface area contributed by atoms with Crippen LogP contribution < -0.4 is 5.73 Å². The summed E-state index contributed by atoms with van der Waals surface area (Å²) in [5.41, 5.74) is 6.66. The molecule has 0 atom stereocenters. The Labute approximate surface area is 94.5 Å². The van der Waals surface area contributed by atoms with Gasteiger partial charge in [-0.15, -0.1) is 0 Å². The van der Waals surface area contributed by atoms with Gasteiger partial charge in [0.05, 0.1) is 11.0 Å². The van der Waals surface area contributed by atoms with Gasteiger partial charge in [-0.3, -0.25) is 0 Å². The van der Waals surface area contributed by atoms with Crippen molar-refractivity contribution in [1.82, 2.24) is 4.31 Å². The summed E-state index contributed by atoms with van der Waals surface area (Å²) in [6.07, 6.45) is -0.545. The molecule has 1 fully saturated rings. The minimum Gasteiger partial charge on any atom is -0.399 e. The molecule has 0 bridgehead atoms. The van der Waals surface area contributed by atoms with E-state index in [1.54, 1.807) is 19.1 Å². The second-order valence-corrected chi connectivity index (χ2v) is 5.91. The second kappa shape index (κ2) is 3.73. The van der Waals surface area contributed by atoms with Crippen molar-refractivity contribution in [2.45, 2.75) is 17.9 Å². The highest BCUT2D eigenvalue weighted by Crippen LogP contribution is 2.25. The van der Waals surface area contributed by atoms with E-state index in [4.69, 9.17) is 10.8 Å². The van der Waals surface area contributed by atoms with E-state index in [0.717, 1.165) is 0 Å². The third-order valence-electron chi connectivity index (χ3n) is 2.66. The Morgan fingerprint density at radius 3 is 2.62 bits per heavy atom. The average Bonchev–Trinajstić information content (AvgIpc) is 2.16. The van der Waals surface area contributed by atoms with Crippen molar-refractivity contribution in [2.24, 2.45) is 0 Å². The standard InChI is InChI=1S/C10H14N2O3S/c1-7-2-3-8(11)4-10(7)16(14,15)12-5-9(13)6-12/h2-4,9,13H,5-6,11H2,1H3. The van der Waals surface area contributed by atoms with Crippen molar-refractivity contribution in [3.8, 4) is 0 Å². The van der Waals surface area contributed by atoms with Crippen LogP contribution in [0.2, 0.25) is 0 Å². The molecule has 0 aliphatic carbocycles. The normalized spacial score (nSPS) is 18.4. The third kappa shape index (κ3) is 1.79. The highest BCUT2D eigenvalue weighted by Gasteiger charge is 2.36. The lowest BCUT2D eigenvalue weighted by Crippen LogP contribution is -2.53. The van der Waals surface area contributed by atoms with Crippen LogP contribution in [0.5, 0.6) is 0 Å². The largest absolute Gasteiger partial charge is 0.399 e. The average molecular weight is 242 g/mol. The van der Waals surface area contributed by atoms with E-state index in [-0.39, 0.29) is 18.0 Å². The van der Waals surface area contributed by atoms with E-state index in [2.05, 4.69) is 0 Å². The zero-order chi connectivity index (χ0) is 11.9. The Balaban J connectivity index is 2.40. The number of nitrogens with zero attached hydrogens (tertiary/aromatic N) is 1. The van der Waals surface area contributed by atoms with E-state index >= 15 is 0 Å². The molecular weight excluding hydrogens is 228 g/mol. The number of hydrogen-bond acceptors (Lipinski definition) is 4. The summed E-state index contributed by atoms with van der Waals surface area (Å²) >= 11 is 0. The summed E-state index contributed by atoms with van der Waals surface area (Å²) in [4.78, 5) is 0.222. The third-order valence-corrected chi connectivity index (χ3v) is 4.63. The molecule has 0 spiro atoms. The van der Waals surface area contributed by atoms with Gasteiger partial charge in [-0.2, -0.15) is 4.31 Å². The fraction of sp³-hybridized carbons (Fsp3) is 0.400. The maximum absolute atomic E-state index is 12.1. The van der Waals surface area contributed by atoms with Crippen LogP contribution in [0.3, 0.4) is 0 Å². The molecular formula is C10H14N2O3S. The highest BCUT2D eigenvalue weighted by atomic mass is 32.2. The predicted molar refractivity (Wildman–Crippen MR) is 60.4 cm³/mol. The van der Waals surface area contributed by atoms with Crippen LogP contribution in [-0.2, 0) is 10.0 Å². The Morgan fingerprint density at radius 2 is 2.06 bits per heavy atom. The van der Waals surface area contributed by atoms with Crippen LogP contribution in [-0.4, -0.2) is 37.0 Å². The summed E-state index contributed by atoms with van der Waals surface area (Å²) < 4.78 is 25.4. The lowest BCUT2D eigenvalue weighted by molar-refractivity contribution is 0.0547. The van der Waals surface area contributed by atoms with Gasteiger partial charge in [0.2, 0.25) is 10.0 Å². The van der Waals surface area contributed by atoms with Crippen molar-refractivity contribution in [3.05, 3.63) is 23.8 Å². The lowest BCUT2D eigenvalue weighted by Gasteiger charge is -2.34. The summed E-state index contributed by atoms with van der Waals surface area (Å²) in [7, 11) is -3.49. The molecule has 16 heavy (non-hydrogen) atoms. The highest BCUT2D eigenvalue weighted by molar-refractivity contribution is 7.89. The fourth-order valence-corrected chi connectivity index (χ4v) is 3.42. The molecule has 1 aliphatic heterocycles. The van der Waals surface area contributed by atoms with Crippen LogP contribution >= 0.6 is 0 Å². The zero-order valence-corrected chi connectivity index (χ0v) is 9.74. The minimum atomic E-state index is -3.49. The topological polar surface area (TPSA) is 83.6 Å². The van der Waals surface area contributed by atoms with Gasteiger partial charge in [0.25, 0.3) is 0 Å². The zero-order valence-electron chi connectivity index (χ0n) is 8.92. The van der Waals surface area contributed by atoms with Gasteiger partial charge in [-0.25, -0.2) is 8.42 Å². The first-order chi connectivity index (χ1) is 7.41. The molecule has 3 N–H and O–H groups in total. The lowest BCUT2D eigenvalue weighted by atomic mass is 10.2. The number of nitrogen functional groups attached to an aromatic ring is 1. The van der Waals surface area contributed by atoms with Gasteiger partial charge in [-0.1, -0.05) is 6.07 Å². The number of aliphatic hydroxyl groups excluding tert-OH is 1. The van der Waals surface area contributed by atoms with E-state index in [9.17, 15) is 8.42 Å². The van der Waals surface area contributed by atoms with Crippen LogP contribution in [0.4, 0.5) is 5.69 Å². The van der Waals surface area contributed by atoms with Gasteiger partial charge in [0.15, 0.2) is 0 Å². The number of aliphatic hydroxyl groups is 1. The first kappa shape index (κ1) is 11.4. The number of sulfonamides is 1. The quantitative estimate of drug-likeness (QED) is 0.712. The Kier molecular flexibility index (Phi) is 2.65. The van der Waals surface area contributed by atoms with Gasteiger partial charge < -0.3 is 10.8 Å². The summed E-state index contributed by atoms with van der Waals surface area (Å²) in [6.45, 7) is 2.05. The van der Waals surface area contributed by atoms with Crippen molar-refractivity contribution < 1.29 is 13.5 Å². The Morgan fingerprint density at radius 1 is 1.44 bits per heavy atom. The molecule has 6 heteroatoms. The maximum Gasteiger partial charge on any atom is 0.243 e. The van der Waals surface area contributed by atoms with Crippen LogP contribution in [0.1, 0.15) is 5.56 Å². The SMILES string of the molecule is Cc1ccc(N)cc1S(=O)(=O)N1CC(O)C1. The number of β-amino-alcohol motifs (C(OH)–C–C–N with tert-alkyl or cyclic N) is 1. The van der Waals surface area contributed by atoms with Crippen molar-refractivity contribution in [2.75, 3.05) is 18.8 Å². The van der Waals surface area contributed by atoms with Gasteiger partial charge in [0, 0.05) is 18.8 Å². The van der Waals surface area contributed by atoms with E-state index < -0.39 is 16.1 Å². The van der Waals surface area contributed by atoms with Gasteiger partial charge in [0.1, 0.15) is 0 Å². The number of benzene rings is 1. The minimum absolute atomic E-state index is 0.163. The molecule has 5 nitrogen and oxygen atoms in total. The van der Waals surface area contributed by atoms with Crippen LogP contribution in [0.15, 0.2) is 23.1 Å². The summed E-state index contributed by atoms with van der Waals surface area (Å²) in [5, 5.41) is 9.12. The van der Waals surface area contributed by atoms with E-state index in [1.807, 2.05) is 0 Å².